The van der Waals surface area contributed by atoms with Crippen molar-refractivity contribution in [2.24, 2.45) is 7.05 Å². The number of rotatable bonds is 2. The quantitative estimate of drug-likeness (QED) is 0.776. The van der Waals surface area contributed by atoms with Gasteiger partial charge in [-0.05, 0) is 0 Å². The summed E-state index contributed by atoms with van der Waals surface area (Å²) in [4.78, 5) is 28.8. The van der Waals surface area contributed by atoms with E-state index in [-0.39, 0.29) is 18.9 Å². The minimum atomic E-state index is -4.47. The minimum Gasteiger partial charge on any atom is -0.330 e. The Morgan fingerprint density at radius 2 is 2.16 bits per heavy atom. The number of halogens is 3. The number of hydrogen-bond donors (Lipinski definition) is 0. The first-order chi connectivity index (χ1) is 8.78. The SMILES string of the molecule is Cn1cncc1C(=O)N1CC(=O)N(CC(F)(F)F)C1. The molecule has 0 spiro atoms. The van der Waals surface area contributed by atoms with Crippen LogP contribution in [0, 0.1) is 0 Å². The molecular formula is C10H11F3N4O2. The van der Waals surface area contributed by atoms with Crippen molar-refractivity contribution in [3.8, 4) is 0 Å². The maximum absolute atomic E-state index is 12.2. The van der Waals surface area contributed by atoms with Crippen LogP contribution >= 0.6 is 0 Å². The zero-order valence-electron chi connectivity index (χ0n) is 10.0. The van der Waals surface area contributed by atoms with Crippen LogP contribution in [-0.2, 0) is 11.8 Å². The van der Waals surface area contributed by atoms with E-state index in [1.165, 1.54) is 17.1 Å². The first-order valence-electron chi connectivity index (χ1n) is 5.38. The Morgan fingerprint density at radius 3 is 2.68 bits per heavy atom. The van der Waals surface area contributed by atoms with Gasteiger partial charge in [-0.1, -0.05) is 0 Å². The molecule has 104 valence electrons. The van der Waals surface area contributed by atoms with Crippen LogP contribution in [0.4, 0.5) is 13.2 Å². The highest BCUT2D eigenvalue weighted by molar-refractivity contribution is 5.96. The molecule has 0 aliphatic carbocycles. The van der Waals surface area contributed by atoms with Gasteiger partial charge in [0.05, 0.1) is 19.2 Å². The number of hydrogen-bond acceptors (Lipinski definition) is 3. The van der Waals surface area contributed by atoms with Crippen molar-refractivity contribution in [3.05, 3.63) is 18.2 Å². The molecule has 0 aromatic carbocycles. The zero-order valence-corrected chi connectivity index (χ0v) is 10.0. The standard InChI is InChI=1S/C10H11F3N4O2/c1-15-5-14-2-7(15)9(19)16-3-8(18)17(6-16)4-10(11,12)13/h2,5H,3-4,6H2,1H3. The van der Waals surface area contributed by atoms with Crippen molar-refractivity contribution in [1.82, 2.24) is 19.4 Å². The van der Waals surface area contributed by atoms with E-state index in [9.17, 15) is 22.8 Å². The fourth-order valence-electron chi connectivity index (χ4n) is 1.81. The monoisotopic (exact) mass is 276 g/mol. The van der Waals surface area contributed by atoms with Crippen molar-refractivity contribution in [2.75, 3.05) is 19.8 Å². The van der Waals surface area contributed by atoms with Crippen LogP contribution in [0.5, 0.6) is 0 Å². The molecule has 2 heterocycles. The molecule has 6 nitrogen and oxygen atoms in total. The average Bonchev–Trinajstić information content (AvgIpc) is 2.83. The van der Waals surface area contributed by atoms with Crippen molar-refractivity contribution in [2.45, 2.75) is 6.18 Å². The second-order valence-corrected chi connectivity index (χ2v) is 4.24. The number of aromatic nitrogens is 2. The van der Waals surface area contributed by atoms with E-state index in [2.05, 4.69) is 4.98 Å². The molecule has 9 heteroatoms. The Labute approximate surface area is 106 Å². The topological polar surface area (TPSA) is 58.4 Å². The number of imidazole rings is 1. The van der Waals surface area contributed by atoms with Crippen LogP contribution in [0.3, 0.4) is 0 Å². The van der Waals surface area contributed by atoms with Crippen molar-refractivity contribution < 1.29 is 22.8 Å². The molecule has 1 aliphatic rings. The van der Waals surface area contributed by atoms with E-state index in [1.807, 2.05) is 0 Å². The van der Waals surface area contributed by atoms with E-state index in [0.717, 1.165) is 4.90 Å². The molecule has 19 heavy (non-hydrogen) atoms. The third-order valence-electron chi connectivity index (χ3n) is 2.71. The van der Waals surface area contributed by atoms with Gasteiger partial charge in [0, 0.05) is 7.05 Å². The summed E-state index contributed by atoms with van der Waals surface area (Å²) in [5.41, 5.74) is 0.224. The molecule has 1 fully saturated rings. The number of alkyl halides is 3. The summed E-state index contributed by atoms with van der Waals surface area (Å²) >= 11 is 0. The minimum absolute atomic E-state index is 0.224. The van der Waals surface area contributed by atoms with Gasteiger partial charge in [0.2, 0.25) is 5.91 Å². The van der Waals surface area contributed by atoms with Gasteiger partial charge in [-0.2, -0.15) is 13.2 Å². The highest BCUT2D eigenvalue weighted by atomic mass is 19.4. The molecule has 0 N–H and O–H groups in total. The average molecular weight is 276 g/mol. The molecule has 0 bridgehead atoms. The molecule has 0 unspecified atom stereocenters. The fourth-order valence-corrected chi connectivity index (χ4v) is 1.81. The van der Waals surface area contributed by atoms with E-state index in [4.69, 9.17) is 0 Å². The second kappa shape index (κ2) is 4.56. The molecule has 0 saturated carbocycles. The van der Waals surface area contributed by atoms with Crippen LogP contribution in [0.25, 0.3) is 0 Å². The lowest BCUT2D eigenvalue weighted by molar-refractivity contribution is -0.157. The Balaban J connectivity index is 2.07. The molecule has 1 saturated heterocycles. The zero-order chi connectivity index (χ0) is 14.2. The summed E-state index contributed by atoms with van der Waals surface area (Å²) in [5, 5.41) is 0. The number of carbonyl (C=O) groups excluding carboxylic acids is 2. The molecule has 2 amide bonds. The van der Waals surface area contributed by atoms with Gasteiger partial charge in [-0.15, -0.1) is 0 Å². The summed E-state index contributed by atoms with van der Waals surface area (Å²) in [6, 6.07) is 0. The summed E-state index contributed by atoms with van der Waals surface area (Å²) in [6.07, 6.45) is -1.76. The lowest BCUT2D eigenvalue weighted by Crippen LogP contribution is -2.37. The van der Waals surface area contributed by atoms with Gasteiger partial charge >= 0.3 is 6.18 Å². The third kappa shape index (κ3) is 2.85. The predicted octanol–water partition coefficient (Wildman–Crippen LogP) is 0.224. The molecule has 0 radical (unpaired) electrons. The Morgan fingerprint density at radius 1 is 1.47 bits per heavy atom. The first kappa shape index (κ1) is 13.4. The highest BCUT2D eigenvalue weighted by Gasteiger charge is 2.39. The third-order valence-corrected chi connectivity index (χ3v) is 2.71. The van der Waals surface area contributed by atoms with Crippen molar-refractivity contribution in [1.29, 1.82) is 0 Å². The summed E-state index contributed by atoms with van der Waals surface area (Å²) in [6.45, 7) is -2.05. The Hall–Kier alpha value is -2.06. The normalized spacial score (nSPS) is 16.3. The fraction of sp³-hybridized carbons (Fsp3) is 0.500. The second-order valence-electron chi connectivity index (χ2n) is 4.24. The summed E-state index contributed by atoms with van der Waals surface area (Å²) in [5.74, 6) is -1.23. The molecular weight excluding hydrogens is 265 g/mol. The van der Waals surface area contributed by atoms with Gasteiger partial charge in [0.25, 0.3) is 5.91 Å². The maximum atomic E-state index is 12.2. The molecule has 0 atom stereocenters. The number of aryl methyl sites for hydroxylation is 1. The smallest absolute Gasteiger partial charge is 0.330 e. The number of nitrogens with zero attached hydrogens (tertiary/aromatic N) is 4. The largest absolute Gasteiger partial charge is 0.406 e. The van der Waals surface area contributed by atoms with Crippen LogP contribution < -0.4 is 0 Å². The predicted molar refractivity (Wildman–Crippen MR) is 56.9 cm³/mol. The Bertz CT molecular complexity index is 511. The van der Waals surface area contributed by atoms with Crippen molar-refractivity contribution in [3.63, 3.8) is 0 Å². The van der Waals surface area contributed by atoms with Crippen molar-refractivity contribution >= 4 is 11.8 Å². The maximum Gasteiger partial charge on any atom is 0.406 e. The van der Waals surface area contributed by atoms with Crippen LogP contribution in [0.1, 0.15) is 10.5 Å². The van der Waals surface area contributed by atoms with Crippen LogP contribution in [-0.4, -0.2) is 57.1 Å². The molecule has 1 aliphatic heterocycles. The van der Waals surface area contributed by atoms with E-state index >= 15 is 0 Å². The van der Waals surface area contributed by atoms with Gasteiger partial charge < -0.3 is 14.4 Å². The van der Waals surface area contributed by atoms with E-state index < -0.39 is 24.5 Å². The molecule has 1 aromatic rings. The van der Waals surface area contributed by atoms with Gasteiger partial charge in [-0.25, -0.2) is 4.98 Å². The van der Waals surface area contributed by atoms with Crippen LogP contribution in [0.2, 0.25) is 0 Å². The first-order valence-corrected chi connectivity index (χ1v) is 5.38. The van der Waals surface area contributed by atoms with E-state index in [0.29, 0.717) is 4.90 Å². The van der Waals surface area contributed by atoms with Gasteiger partial charge in [-0.3, -0.25) is 9.59 Å². The van der Waals surface area contributed by atoms with Crippen LogP contribution in [0.15, 0.2) is 12.5 Å². The van der Waals surface area contributed by atoms with Gasteiger partial charge in [0.15, 0.2) is 0 Å². The summed E-state index contributed by atoms with van der Waals surface area (Å²) < 4.78 is 38.1. The van der Waals surface area contributed by atoms with Gasteiger partial charge in [0.1, 0.15) is 18.8 Å². The highest BCUT2D eigenvalue weighted by Crippen LogP contribution is 2.20. The lowest BCUT2D eigenvalue weighted by Gasteiger charge is -2.19. The summed E-state index contributed by atoms with van der Waals surface area (Å²) in [7, 11) is 1.59. The number of carbonyl (C=O) groups is 2. The molecule has 1 aromatic heterocycles. The Kier molecular flexibility index (Phi) is 3.21. The molecule has 2 rings (SSSR count). The van der Waals surface area contributed by atoms with E-state index in [1.54, 1.807) is 7.05 Å². The lowest BCUT2D eigenvalue weighted by atomic mass is 10.4. The number of amides is 2.